The molecule has 0 radical (unpaired) electrons. The zero-order chi connectivity index (χ0) is 24.3. The van der Waals surface area contributed by atoms with Crippen LogP contribution in [0.2, 0.25) is 0 Å². The van der Waals surface area contributed by atoms with E-state index in [4.69, 9.17) is 0 Å². The number of aryl methyl sites for hydroxylation is 1. The number of hydrogen-bond acceptors (Lipinski definition) is 3. The minimum absolute atomic E-state index is 0.0118. The highest BCUT2D eigenvalue weighted by atomic mass is 32.1. The highest BCUT2D eigenvalue weighted by Crippen LogP contribution is 2.23. The van der Waals surface area contributed by atoms with Crippen LogP contribution in [0.4, 0.5) is 0 Å². The summed E-state index contributed by atoms with van der Waals surface area (Å²) >= 11 is 1.71. The normalized spacial score (nSPS) is 11.7. The van der Waals surface area contributed by atoms with E-state index in [0.717, 1.165) is 28.8 Å². The number of carbonyl (C=O) groups is 2. The first-order valence-electron chi connectivity index (χ1n) is 12.2. The van der Waals surface area contributed by atoms with Gasteiger partial charge in [-0.15, -0.1) is 11.3 Å². The van der Waals surface area contributed by atoms with Gasteiger partial charge in [0, 0.05) is 22.8 Å². The van der Waals surface area contributed by atoms with Crippen molar-refractivity contribution in [3.05, 3.63) is 93.7 Å². The largest absolute Gasteiger partial charge is 0.333 e. The summed E-state index contributed by atoms with van der Waals surface area (Å²) in [6.07, 6.45) is 2.57. The fourth-order valence-corrected chi connectivity index (χ4v) is 5.04. The molecular formula is C29H36N2O2S. The van der Waals surface area contributed by atoms with E-state index < -0.39 is 0 Å². The van der Waals surface area contributed by atoms with E-state index in [0.29, 0.717) is 26.1 Å². The van der Waals surface area contributed by atoms with Crippen LogP contribution < -0.4 is 0 Å². The van der Waals surface area contributed by atoms with Gasteiger partial charge in [0.05, 0.1) is 19.0 Å². The summed E-state index contributed by atoms with van der Waals surface area (Å²) in [5, 5.41) is 0. The van der Waals surface area contributed by atoms with Crippen LogP contribution in [0.1, 0.15) is 59.9 Å². The topological polar surface area (TPSA) is 40.6 Å². The van der Waals surface area contributed by atoms with Crippen LogP contribution >= 0.6 is 11.3 Å². The van der Waals surface area contributed by atoms with Gasteiger partial charge in [-0.3, -0.25) is 9.59 Å². The molecule has 3 rings (SSSR count). The van der Waals surface area contributed by atoms with E-state index >= 15 is 0 Å². The maximum atomic E-state index is 13.6. The third-order valence-electron chi connectivity index (χ3n) is 6.04. The summed E-state index contributed by atoms with van der Waals surface area (Å²) < 4.78 is 0. The summed E-state index contributed by atoms with van der Waals surface area (Å²) in [5.74, 6) is -0.197. The molecule has 0 spiro atoms. The fourth-order valence-electron chi connectivity index (χ4n) is 4.13. The predicted octanol–water partition coefficient (Wildman–Crippen LogP) is 6.41. The van der Waals surface area contributed by atoms with Gasteiger partial charge in [-0.1, -0.05) is 80.9 Å². The Hall–Kier alpha value is -2.92. The molecule has 1 heterocycles. The lowest BCUT2D eigenvalue weighted by Gasteiger charge is -2.30. The van der Waals surface area contributed by atoms with Crippen molar-refractivity contribution >= 4 is 23.2 Å². The first-order valence-corrected chi connectivity index (χ1v) is 13.0. The van der Waals surface area contributed by atoms with Crippen LogP contribution in [0.25, 0.3) is 0 Å². The molecule has 2 amide bonds. The Bertz CT molecular complexity index is 1030. The summed E-state index contributed by atoms with van der Waals surface area (Å²) in [7, 11) is 0. The van der Waals surface area contributed by atoms with Gasteiger partial charge in [-0.2, -0.15) is 0 Å². The van der Waals surface area contributed by atoms with Gasteiger partial charge in [0.1, 0.15) is 0 Å². The molecule has 0 aliphatic heterocycles. The quantitative estimate of drug-likeness (QED) is 0.303. The predicted molar refractivity (Wildman–Crippen MR) is 141 cm³/mol. The lowest BCUT2D eigenvalue weighted by molar-refractivity contribution is -0.142. The second kappa shape index (κ2) is 13.1. The molecule has 1 aromatic heterocycles. The molecule has 0 saturated heterocycles. The third kappa shape index (κ3) is 7.29. The number of unbranched alkanes of at least 4 members (excludes halogenated alkanes) is 1. The number of thiophene rings is 1. The van der Waals surface area contributed by atoms with Crippen molar-refractivity contribution in [3.63, 3.8) is 0 Å². The fraction of sp³-hybridized carbons (Fsp3) is 0.379. The highest BCUT2D eigenvalue weighted by molar-refractivity contribution is 7.11. The standard InChI is InChI=1S/C29H36N2O2S/c1-4-6-19-30(29(33)27(5-2)25-15-11-8-12-16-25)22-28(32)31(20-24-13-9-7-10-14-24)21-26-18-17-23(3)34-26/h7-18,27H,4-6,19-22H2,1-3H3/t27-/m1/s1. The van der Waals surface area contributed by atoms with Crippen molar-refractivity contribution in [3.8, 4) is 0 Å². The number of carbonyl (C=O) groups excluding carboxylic acids is 2. The molecule has 0 aliphatic carbocycles. The molecule has 0 aliphatic rings. The van der Waals surface area contributed by atoms with Crippen LogP contribution in [-0.2, 0) is 22.7 Å². The average molecular weight is 477 g/mol. The van der Waals surface area contributed by atoms with E-state index in [1.54, 1.807) is 16.2 Å². The SMILES string of the molecule is CCCCN(CC(=O)N(Cc1ccccc1)Cc1ccc(C)s1)C(=O)[C@H](CC)c1ccccc1. The number of amides is 2. The van der Waals surface area contributed by atoms with Crippen LogP contribution in [0.5, 0.6) is 0 Å². The van der Waals surface area contributed by atoms with E-state index in [9.17, 15) is 9.59 Å². The number of benzene rings is 2. The van der Waals surface area contributed by atoms with Crippen molar-refractivity contribution in [1.82, 2.24) is 9.80 Å². The van der Waals surface area contributed by atoms with Gasteiger partial charge in [0.15, 0.2) is 0 Å². The monoisotopic (exact) mass is 476 g/mol. The average Bonchev–Trinajstić information content (AvgIpc) is 3.27. The van der Waals surface area contributed by atoms with Gasteiger partial charge >= 0.3 is 0 Å². The Morgan fingerprint density at radius 2 is 1.53 bits per heavy atom. The zero-order valence-electron chi connectivity index (χ0n) is 20.6. The summed E-state index contributed by atoms with van der Waals surface area (Å²) in [6, 6.07) is 24.2. The smallest absolute Gasteiger partial charge is 0.242 e. The lowest BCUT2D eigenvalue weighted by Crippen LogP contribution is -2.44. The van der Waals surface area contributed by atoms with E-state index in [1.807, 2.05) is 72.5 Å². The zero-order valence-corrected chi connectivity index (χ0v) is 21.4. The van der Waals surface area contributed by atoms with Crippen LogP contribution in [0, 0.1) is 6.92 Å². The van der Waals surface area contributed by atoms with Crippen LogP contribution in [0.15, 0.2) is 72.8 Å². The molecule has 5 heteroatoms. The lowest BCUT2D eigenvalue weighted by atomic mass is 9.95. The first kappa shape index (κ1) is 25.7. The molecule has 180 valence electrons. The molecule has 2 aromatic carbocycles. The van der Waals surface area contributed by atoms with Gasteiger partial charge in [0.25, 0.3) is 0 Å². The van der Waals surface area contributed by atoms with Gasteiger partial charge < -0.3 is 9.80 Å². The summed E-state index contributed by atoms with van der Waals surface area (Å²) in [5.41, 5.74) is 2.10. The van der Waals surface area contributed by atoms with Gasteiger partial charge in [0.2, 0.25) is 11.8 Å². The van der Waals surface area contributed by atoms with Crippen molar-refractivity contribution in [1.29, 1.82) is 0 Å². The Balaban J connectivity index is 1.81. The molecule has 0 fully saturated rings. The van der Waals surface area contributed by atoms with E-state index in [1.165, 1.54) is 4.88 Å². The van der Waals surface area contributed by atoms with Crippen molar-refractivity contribution < 1.29 is 9.59 Å². The van der Waals surface area contributed by atoms with Crippen molar-refractivity contribution in [2.24, 2.45) is 0 Å². The highest BCUT2D eigenvalue weighted by Gasteiger charge is 2.27. The number of nitrogens with zero attached hydrogens (tertiary/aromatic N) is 2. The third-order valence-corrected chi connectivity index (χ3v) is 7.02. The van der Waals surface area contributed by atoms with Crippen LogP contribution in [0.3, 0.4) is 0 Å². The molecule has 0 unspecified atom stereocenters. The summed E-state index contributed by atoms with van der Waals surface area (Å²) in [4.78, 5) is 33.3. The molecule has 0 N–H and O–H groups in total. The Labute approximate surface area is 208 Å². The van der Waals surface area contributed by atoms with Crippen LogP contribution in [-0.4, -0.2) is 34.7 Å². The second-order valence-corrected chi connectivity index (χ2v) is 10.1. The molecule has 4 nitrogen and oxygen atoms in total. The maximum absolute atomic E-state index is 13.6. The van der Waals surface area contributed by atoms with Crippen molar-refractivity contribution in [2.75, 3.05) is 13.1 Å². The molecule has 34 heavy (non-hydrogen) atoms. The minimum atomic E-state index is -0.228. The maximum Gasteiger partial charge on any atom is 0.242 e. The Morgan fingerprint density at radius 1 is 0.853 bits per heavy atom. The Morgan fingerprint density at radius 3 is 2.12 bits per heavy atom. The van der Waals surface area contributed by atoms with E-state index in [2.05, 4.69) is 26.0 Å². The summed E-state index contributed by atoms with van der Waals surface area (Å²) in [6.45, 7) is 8.02. The first-order chi connectivity index (χ1) is 16.5. The molecule has 0 saturated carbocycles. The van der Waals surface area contributed by atoms with Crippen molar-refractivity contribution in [2.45, 2.75) is 59.0 Å². The molecule has 1 atom stereocenters. The number of rotatable bonds is 12. The molecule has 3 aromatic rings. The number of hydrogen-bond donors (Lipinski definition) is 0. The molecule has 0 bridgehead atoms. The molecular weight excluding hydrogens is 440 g/mol. The minimum Gasteiger partial charge on any atom is -0.333 e. The second-order valence-electron chi connectivity index (χ2n) is 8.73. The van der Waals surface area contributed by atoms with E-state index in [-0.39, 0.29) is 24.3 Å². The van der Waals surface area contributed by atoms with Gasteiger partial charge in [-0.05, 0) is 43.0 Å². The van der Waals surface area contributed by atoms with Gasteiger partial charge in [-0.25, -0.2) is 0 Å². The Kier molecular flexibility index (Phi) is 9.89.